The highest BCUT2D eigenvalue weighted by Gasteiger charge is 2.37. The second-order valence-electron chi connectivity index (χ2n) is 10.0. The van der Waals surface area contributed by atoms with Gasteiger partial charge >= 0.3 is 11.9 Å². The average Bonchev–Trinajstić information content (AvgIpc) is 3.65. The zero-order valence-corrected chi connectivity index (χ0v) is 23.9. The number of carbonyl (C=O) groups excluding carboxylic acids is 1. The average molecular weight is 577 g/mol. The van der Waals surface area contributed by atoms with Crippen molar-refractivity contribution in [2.75, 3.05) is 20.8 Å². The van der Waals surface area contributed by atoms with Crippen molar-refractivity contribution in [2.24, 2.45) is 5.41 Å². The number of aromatic nitrogens is 1. The van der Waals surface area contributed by atoms with Gasteiger partial charge in [-0.2, -0.15) is 0 Å². The van der Waals surface area contributed by atoms with Gasteiger partial charge in [0, 0.05) is 36.0 Å². The van der Waals surface area contributed by atoms with Gasteiger partial charge in [-0.15, -0.1) is 11.3 Å². The van der Waals surface area contributed by atoms with Gasteiger partial charge in [0.25, 0.3) is 0 Å². The highest BCUT2D eigenvalue weighted by atomic mass is 32.1. The van der Waals surface area contributed by atoms with E-state index >= 15 is 0 Å². The van der Waals surface area contributed by atoms with Crippen LogP contribution in [0.2, 0.25) is 0 Å². The molecule has 1 saturated heterocycles. The fourth-order valence-electron chi connectivity index (χ4n) is 4.90. The zero-order chi connectivity index (χ0) is 29.6. The topological polar surface area (TPSA) is 126 Å². The van der Waals surface area contributed by atoms with Crippen LogP contribution < -0.4 is 9.47 Å². The summed E-state index contributed by atoms with van der Waals surface area (Å²) in [6.45, 7) is 3.10. The molecule has 41 heavy (non-hydrogen) atoms. The second kappa shape index (κ2) is 12.8. The molecular weight excluding hydrogens is 544 g/mol. The minimum atomic E-state index is -1.32. The van der Waals surface area contributed by atoms with Crippen LogP contribution in [0, 0.1) is 5.41 Å². The maximum atomic E-state index is 11.6. The Kier molecular flexibility index (Phi) is 9.24. The summed E-state index contributed by atoms with van der Waals surface area (Å²) >= 11 is 1.60. The van der Waals surface area contributed by atoms with Crippen LogP contribution in [0.3, 0.4) is 0 Å². The summed E-state index contributed by atoms with van der Waals surface area (Å²) in [7, 11) is 2.97. The third-order valence-electron chi connectivity index (χ3n) is 7.04. The van der Waals surface area contributed by atoms with E-state index < -0.39 is 17.4 Å². The molecule has 0 bridgehead atoms. The number of nitrogens with zero attached hydrogens (tertiary/aromatic N) is 2. The number of rotatable bonds is 8. The smallest absolute Gasteiger partial charge is 0.331 e. The quantitative estimate of drug-likeness (QED) is 0.359. The summed E-state index contributed by atoms with van der Waals surface area (Å²) in [4.78, 5) is 40.9. The number of likely N-dealkylation sites (tertiary alicyclic amines) is 1. The van der Waals surface area contributed by atoms with Crippen LogP contribution in [0.15, 0.2) is 71.1 Å². The van der Waals surface area contributed by atoms with Gasteiger partial charge in [0.2, 0.25) is 5.91 Å². The van der Waals surface area contributed by atoms with Gasteiger partial charge in [-0.05, 0) is 55.2 Å². The molecular formula is C31H32N2O7S. The number of aliphatic carboxylic acids is 2. The van der Waals surface area contributed by atoms with E-state index in [-0.39, 0.29) is 17.9 Å². The van der Waals surface area contributed by atoms with Crippen molar-refractivity contribution in [3.8, 4) is 22.8 Å². The number of carboxylic acids is 2. The minimum absolute atomic E-state index is 0.0281. The molecule has 0 radical (unpaired) electrons. The largest absolute Gasteiger partial charge is 0.496 e. The summed E-state index contributed by atoms with van der Waals surface area (Å²) < 4.78 is 10.6. The lowest BCUT2D eigenvalue weighted by Crippen LogP contribution is -2.29. The lowest BCUT2D eigenvalue weighted by molar-refractivity contribution is -0.145. The van der Waals surface area contributed by atoms with Crippen molar-refractivity contribution in [1.29, 1.82) is 0 Å². The molecule has 1 aliphatic carbocycles. The van der Waals surface area contributed by atoms with Crippen LogP contribution in [-0.4, -0.2) is 58.7 Å². The lowest BCUT2D eigenvalue weighted by atomic mass is 9.76. The second-order valence-corrected chi connectivity index (χ2v) is 10.7. The van der Waals surface area contributed by atoms with Crippen molar-refractivity contribution in [1.82, 2.24) is 9.88 Å². The van der Waals surface area contributed by atoms with Gasteiger partial charge in [-0.3, -0.25) is 9.59 Å². The van der Waals surface area contributed by atoms with E-state index in [0.717, 1.165) is 30.8 Å². The number of carbonyl (C=O) groups is 3. The monoisotopic (exact) mass is 576 g/mol. The normalized spacial score (nSPS) is 18.1. The van der Waals surface area contributed by atoms with Crippen LogP contribution in [0.1, 0.15) is 37.3 Å². The molecule has 3 aromatic rings. The molecule has 9 nitrogen and oxygen atoms in total. The van der Waals surface area contributed by atoms with Gasteiger partial charge in [-0.1, -0.05) is 30.3 Å². The molecule has 214 valence electrons. The first-order chi connectivity index (χ1) is 19.6. The molecule has 1 amide bonds. The Labute approximate surface area is 242 Å². The van der Waals surface area contributed by atoms with E-state index in [2.05, 4.69) is 23.2 Å². The Bertz CT molecular complexity index is 1470. The molecule has 2 aromatic carbocycles. The molecule has 1 aromatic heterocycles. The maximum Gasteiger partial charge on any atom is 0.331 e. The summed E-state index contributed by atoms with van der Waals surface area (Å²) in [5.74, 6) is -1.00. The van der Waals surface area contributed by atoms with Crippen molar-refractivity contribution in [3.63, 3.8) is 0 Å². The first-order valence-corrected chi connectivity index (χ1v) is 14.0. The van der Waals surface area contributed by atoms with Crippen LogP contribution in [-0.2, 0) is 20.9 Å². The maximum absolute atomic E-state index is 11.6. The molecule has 2 N–H and O–H groups in total. The van der Waals surface area contributed by atoms with E-state index in [4.69, 9.17) is 9.47 Å². The van der Waals surface area contributed by atoms with Crippen LogP contribution >= 0.6 is 11.3 Å². The summed E-state index contributed by atoms with van der Waals surface area (Å²) in [5, 5.41) is 20.8. The Morgan fingerprint density at radius 2 is 1.80 bits per heavy atom. The molecule has 1 atom stereocenters. The van der Waals surface area contributed by atoms with E-state index in [1.165, 1.54) is 32.8 Å². The van der Waals surface area contributed by atoms with Gasteiger partial charge in [-0.25, -0.2) is 9.78 Å². The molecule has 10 heteroatoms. The molecule has 2 heterocycles. The number of amides is 1. The highest BCUT2D eigenvalue weighted by molar-refractivity contribution is 7.07. The Balaban J connectivity index is 0.000000194. The number of carboxylic acid groups (broad SMARTS) is 2. The molecule has 1 unspecified atom stereocenters. The number of benzene rings is 2. The lowest BCUT2D eigenvalue weighted by Gasteiger charge is -2.27. The third kappa shape index (κ3) is 6.83. The van der Waals surface area contributed by atoms with Crippen LogP contribution in [0.5, 0.6) is 11.5 Å². The number of thiazole rings is 1. The predicted octanol–water partition coefficient (Wildman–Crippen LogP) is 5.53. The highest BCUT2D eigenvalue weighted by Crippen LogP contribution is 2.43. The van der Waals surface area contributed by atoms with Crippen molar-refractivity contribution >= 4 is 34.8 Å². The SMILES string of the molecule is COc1cccc(OC)c1C1=CC(C)(C(=O)O)CC(C(=O)O)=C1.O=C1CCCN1Cc1cccc(-c2cscn2)c1. The zero-order valence-electron chi connectivity index (χ0n) is 23.1. The summed E-state index contributed by atoms with van der Waals surface area (Å²) in [5.41, 5.74) is 4.85. The van der Waals surface area contributed by atoms with Crippen molar-refractivity contribution < 1.29 is 34.1 Å². The van der Waals surface area contributed by atoms with Gasteiger partial charge in [0.05, 0.1) is 36.4 Å². The number of methoxy groups -OCH3 is 2. The fourth-order valence-corrected chi connectivity index (χ4v) is 5.46. The molecule has 1 aliphatic heterocycles. The number of hydrogen-bond acceptors (Lipinski definition) is 7. The molecule has 0 saturated carbocycles. The molecule has 0 spiro atoms. The van der Waals surface area contributed by atoms with Gasteiger partial charge < -0.3 is 24.6 Å². The van der Waals surface area contributed by atoms with Crippen LogP contribution in [0.4, 0.5) is 0 Å². The first-order valence-electron chi connectivity index (χ1n) is 13.0. The number of ether oxygens (including phenoxy) is 2. The molecule has 5 rings (SSSR count). The summed E-state index contributed by atoms with van der Waals surface area (Å²) in [6, 6.07) is 13.4. The summed E-state index contributed by atoms with van der Waals surface area (Å²) in [6.07, 6.45) is 4.62. The Hall–Kier alpha value is -4.44. The van der Waals surface area contributed by atoms with Gasteiger partial charge in [0.15, 0.2) is 0 Å². The fraction of sp³-hybridized carbons (Fsp3) is 0.290. The van der Waals surface area contributed by atoms with E-state index in [0.29, 0.717) is 29.1 Å². The van der Waals surface area contributed by atoms with E-state index in [1.54, 1.807) is 35.6 Å². The number of hydrogen-bond donors (Lipinski definition) is 2. The molecule has 2 aliphatic rings. The van der Waals surface area contributed by atoms with E-state index in [1.807, 2.05) is 21.9 Å². The minimum Gasteiger partial charge on any atom is -0.496 e. The molecule has 1 fully saturated rings. The van der Waals surface area contributed by atoms with E-state index in [9.17, 15) is 24.6 Å². The number of allylic oxidation sites excluding steroid dienone is 2. The Morgan fingerprint density at radius 1 is 1.10 bits per heavy atom. The standard InChI is InChI=1S/C17H18O6.C14H14N2OS/c1-17(16(20)21)8-10(7-11(9-17)15(18)19)14-12(22-2)5-4-6-13(14)23-3;17-14-5-2-6-16(14)8-11-3-1-4-12(7-11)13-9-18-10-15-13/h4-8H,9H2,1-3H3,(H,18,19)(H,20,21);1,3-4,7,9-10H,2,5-6,8H2. The first kappa shape index (κ1) is 29.5. The van der Waals surface area contributed by atoms with Crippen LogP contribution in [0.25, 0.3) is 16.8 Å². The Morgan fingerprint density at radius 3 is 2.37 bits per heavy atom. The van der Waals surface area contributed by atoms with Crippen molar-refractivity contribution in [2.45, 2.75) is 32.7 Å². The van der Waals surface area contributed by atoms with Gasteiger partial charge in [0.1, 0.15) is 11.5 Å². The van der Waals surface area contributed by atoms with Crippen molar-refractivity contribution in [3.05, 3.63) is 82.2 Å². The third-order valence-corrected chi connectivity index (χ3v) is 7.63. The predicted molar refractivity (Wildman–Crippen MR) is 156 cm³/mol.